The Morgan fingerprint density at radius 1 is 0.792 bits per heavy atom. The van der Waals surface area contributed by atoms with E-state index in [4.69, 9.17) is 9.47 Å². The molecule has 0 bridgehead atoms. The van der Waals surface area contributed by atoms with Crippen molar-refractivity contribution in [3.63, 3.8) is 0 Å². The van der Waals surface area contributed by atoms with E-state index >= 15 is 0 Å². The lowest BCUT2D eigenvalue weighted by atomic mass is 9.99. The van der Waals surface area contributed by atoms with Gasteiger partial charge in [0.25, 0.3) is 0 Å². The number of cyclic esters (lactones) is 2. The first kappa shape index (κ1) is 20.0. The zero-order chi connectivity index (χ0) is 17.4. The maximum absolute atomic E-state index is 11.3. The van der Waals surface area contributed by atoms with Crippen LogP contribution in [-0.2, 0) is 19.1 Å². The topological polar surface area (TPSA) is 52.6 Å². The van der Waals surface area contributed by atoms with E-state index in [1.807, 2.05) is 0 Å². The van der Waals surface area contributed by atoms with Crippen molar-refractivity contribution in [1.29, 1.82) is 0 Å². The number of rotatable bonds is 9. The molecule has 2 aliphatic rings. The molecule has 24 heavy (non-hydrogen) atoms. The van der Waals surface area contributed by atoms with E-state index in [0.717, 1.165) is 64.2 Å². The van der Waals surface area contributed by atoms with Gasteiger partial charge in [-0.25, -0.2) is 0 Å². The number of carbonyl (C=O) groups is 2. The Balaban J connectivity index is 1.53. The van der Waals surface area contributed by atoms with E-state index in [-0.39, 0.29) is 24.1 Å². The van der Waals surface area contributed by atoms with E-state index < -0.39 is 0 Å². The molecule has 0 saturated carbocycles. The van der Waals surface area contributed by atoms with Crippen molar-refractivity contribution in [2.75, 3.05) is 0 Å². The summed E-state index contributed by atoms with van der Waals surface area (Å²) in [6.07, 6.45) is 11.0. The van der Waals surface area contributed by atoms with Gasteiger partial charge in [0.15, 0.2) is 0 Å². The van der Waals surface area contributed by atoms with Crippen molar-refractivity contribution in [3.05, 3.63) is 0 Å². The van der Waals surface area contributed by atoms with Crippen LogP contribution in [0.25, 0.3) is 0 Å². The van der Waals surface area contributed by atoms with Gasteiger partial charge in [0.1, 0.15) is 12.2 Å². The van der Waals surface area contributed by atoms with Gasteiger partial charge in [0.05, 0.1) is 0 Å². The van der Waals surface area contributed by atoms with Crippen LogP contribution in [0, 0.1) is 0 Å². The van der Waals surface area contributed by atoms with Crippen molar-refractivity contribution in [2.45, 2.75) is 99.8 Å². The predicted molar refractivity (Wildman–Crippen MR) is 101 cm³/mol. The van der Waals surface area contributed by atoms with Crippen molar-refractivity contribution in [3.8, 4) is 0 Å². The fraction of sp³-hybridized carbons (Fsp3) is 0.889. The van der Waals surface area contributed by atoms with E-state index in [2.05, 4.69) is 25.3 Å². The minimum atomic E-state index is -0.0548. The summed E-state index contributed by atoms with van der Waals surface area (Å²) in [5, 5.41) is 0.653. The van der Waals surface area contributed by atoms with E-state index in [1.165, 1.54) is 0 Å². The van der Waals surface area contributed by atoms with E-state index in [1.54, 1.807) is 0 Å². The van der Waals surface area contributed by atoms with Crippen LogP contribution in [0.2, 0.25) is 0 Å². The fourth-order valence-corrected chi connectivity index (χ4v) is 3.99. The van der Waals surface area contributed by atoms with Gasteiger partial charge < -0.3 is 9.47 Å². The average molecular weight is 375 g/mol. The molecule has 6 heteroatoms. The summed E-state index contributed by atoms with van der Waals surface area (Å²) in [4.78, 5) is 22.5. The van der Waals surface area contributed by atoms with E-state index in [9.17, 15) is 9.59 Å². The highest BCUT2D eigenvalue weighted by Crippen LogP contribution is 2.25. The first-order valence-corrected chi connectivity index (χ1v) is 10.3. The molecular formula is C18H30O4S2. The summed E-state index contributed by atoms with van der Waals surface area (Å²) in [7, 11) is 0. The largest absolute Gasteiger partial charge is 0.462 e. The second-order valence-electron chi connectivity index (χ2n) is 7.05. The van der Waals surface area contributed by atoms with Crippen LogP contribution in [0.4, 0.5) is 0 Å². The zero-order valence-corrected chi connectivity index (χ0v) is 16.1. The highest BCUT2D eigenvalue weighted by Gasteiger charge is 2.22. The van der Waals surface area contributed by atoms with Gasteiger partial charge in [-0.1, -0.05) is 0 Å². The van der Waals surface area contributed by atoms with Crippen LogP contribution in [0.1, 0.15) is 77.0 Å². The molecule has 2 aliphatic heterocycles. The zero-order valence-electron chi connectivity index (χ0n) is 14.3. The number of esters is 2. The molecule has 138 valence electrons. The quantitative estimate of drug-likeness (QED) is 0.471. The number of hydrogen-bond donors (Lipinski definition) is 2. The Morgan fingerprint density at radius 2 is 1.21 bits per heavy atom. The SMILES string of the molecule is O=C1CCCC(CCC(S)CCC(S)CCC2CCCC(=O)O2)O1. The number of ether oxygens (including phenoxy) is 2. The van der Waals surface area contributed by atoms with Crippen molar-refractivity contribution in [1.82, 2.24) is 0 Å². The summed E-state index contributed by atoms with van der Waals surface area (Å²) in [5.74, 6) is -0.110. The Morgan fingerprint density at radius 3 is 1.58 bits per heavy atom. The molecule has 0 aromatic heterocycles. The summed E-state index contributed by atoms with van der Waals surface area (Å²) in [6.45, 7) is 0. The van der Waals surface area contributed by atoms with Crippen LogP contribution < -0.4 is 0 Å². The molecule has 0 amide bonds. The smallest absolute Gasteiger partial charge is 0.306 e. The van der Waals surface area contributed by atoms with Crippen molar-refractivity contribution >= 4 is 37.2 Å². The van der Waals surface area contributed by atoms with Gasteiger partial charge in [-0.2, -0.15) is 25.3 Å². The molecule has 2 saturated heterocycles. The lowest BCUT2D eigenvalue weighted by Gasteiger charge is -2.24. The lowest BCUT2D eigenvalue weighted by Crippen LogP contribution is -2.24. The molecule has 0 spiro atoms. The first-order chi connectivity index (χ1) is 11.5. The number of thiol groups is 2. The molecular weight excluding hydrogens is 344 g/mol. The Labute approximate surface area is 156 Å². The minimum Gasteiger partial charge on any atom is -0.462 e. The third-order valence-corrected chi connectivity index (χ3v) is 5.92. The third kappa shape index (κ3) is 7.68. The molecule has 4 unspecified atom stereocenters. The minimum absolute atomic E-state index is 0.0548. The van der Waals surface area contributed by atoms with Crippen LogP contribution in [0.15, 0.2) is 0 Å². The number of hydrogen-bond acceptors (Lipinski definition) is 6. The van der Waals surface area contributed by atoms with Gasteiger partial charge in [-0.15, -0.1) is 0 Å². The van der Waals surface area contributed by atoms with E-state index in [0.29, 0.717) is 23.3 Å². The maximum atomic E-state index is 11.3. The highest BCUT2D eigenvalue weighted by atomic mass is 32.1. The molecule has 0 aromatic carbocycles. The number of carbonyl (C=O) groups excluding carboxylic acids is 2. The van der Waals surface area contributed by atoms with Crippen molar-refractivity contribution in [2.24, 2.45) is 0 Å². The van der Waals surface area contributed by atoms with Crippen LogP contribution >= 0.6 is 25.3 Å². The maximum Gasteiger partial charge on any atom is 0.306 e. The molecule has 2 rings (SSSR count). The molecule has 2 fully saturated rings. The molecule has 2 heterocycles. The summed E-state index contributed by atoms with van der Waals surface area (Å²) in [5.41, 5.74) is 0. The predicted octanol–water partition coefficient (Wildman–Crippen LogP) is 4.12. The molecule has 0 radical (unpaired) electrons. The van der Waals surface area contributed by atoms with Crippen LogP contribution in [0.3, 0.4) is 0 Å². The molecule has 0 aliphatic carbocycles. The normalized spacial score (nSPS) is 27.2. The molecule has 4 nitrogen and oxygen atoms in total. The lowest BCUT2D eigenvalue weighted by molar-refractivity contribution is -0.155. The van der Waals surface area contributed by atoms with Gasteiger partial charge in [-0.3, -0.25) is 9.59 Å². The van der Waals surface area contributed by atoms with Gasteiger partial charge in [0.2, 0.25) is 0 Å². The first-order valence-electron chi connectivity index (χ1n) is 9.28. The monoisotopic (exact) mass is 374 g/mol. The average Bonchev–Trinajstić information content (AvgIpc) is 2.56. The Bertz CT molecular complexity index is 378. The highest BCUT2D eigenvalue weighted by molar-refractivity contribution is 7.81. The van der Waals surface area contributed by atoms with Crippen LogP contribution in [-0.4, -0.2) is 34.6 Å². The summed E-state index contributed by atoms with van der Waals surface area (Å²) >= 11 is 9.33. The molecule has 4 atom stereocenters. The Kier molecular flexibility index (Phi) is 8.81. The molecule has 0 aromatic rings. The van der Waals surface area contributed by atoms with Gasteiger partial charge in [0, 0.05) is 23.3 Å². The Hall–Kier alpha value is -0.360. The van der Waals surface area contributed by atoms with Gasteiger partial charge >= 0.3 is 11.9 Å². The van der Waals surface area contributed by atoms with Gasteiger partial charge in [-0.05, 0) is 64.2 Å². The summed E-state index contributed by atoms with van der Waals surface area (Å²) < 4.78 is 10.7. The second kappa shape index (κ2) is 10.6. The standard InChI is InChI=1S/C18H30O4S2/c19-17-5-1-3-13(21-17)7-9-15(23)11-12-16(24)10-8-14-4-2-6-18(20)22-14/h13-16,23-24H,1-12H2. The summed E-state index contributed by atoms with van der Waals surface area (Å²) in [6, 6.07) is 0. The second-order valence-corrected chi connectivity index (χ2v) is 8.51. The third-order valence-electron chi connectivity index (χ3n) is 4.89. The van der Waals surface area contributed by atoms with Crippen molar-refractivity contribution < 1.29 is 19.1 Å². The molecule has 0 N–H and O–H groups in total. The fourth-order valence-electron chi connectivity index (χ4n) is 3.39. The van der Waals surface area contributed by atoms with Crippen LogP contribution in [0.5, 0.6) is 0 Å².